The number of imidazole rings is 1. The number of esters is 1. The lowest BCUT2D eigenvalue weighted by molar-refractivity contribution is -0.113. The number of aromatic nitrogens is 2. The summed E-state index contributed by atoms with van der Waals surface area (Å²) in [5.74, 6) is 0.428. The van der Waals surface area contributed by atoms with Gasteiger partial charge in [-0.25, -0.2) is 9.78 Å². The van der Waals surface area contributed by atoms with Gasteiger partial charge in [-0.3, -0.25) is 9.36 Å². The van der Waals surface area contributed by atoms with Crippen LogP contribution in [-0.2, 0) is 9.53 Å². The Kier molecular flexibility index (Phi) is 6.95. The van der Waals surface area contributed by atoms with Crippen molar-refractivity contribution in [3.63, 3.8) is 0 Å². The van der Waals surface area contributed by atoms with Gasteiger partial charge < -0.3 is 14.8 Å². The summed E-state index contributed by atoms with van der Waals surface area (Å²) in [7, 11) is 1.62. The monoisotopic (exact) mass is 431 g/mol. The molecule has 0 aliphatic heterocycles. The van der Waals surface area contributed by atoms with Gasteiger partial charge in [-0.05, 0) is 49.7 Å². The van der Waals surface area contributed by atoms with Crippen molar-refractivity contribution in [2.75, 3.05) is 24.8 Å². The summed E-state index contributed by atoms with van der Waals surface area (Å²) in [6.45, 7) is 3.89. The van der Waals surface area contributed by atoms with Gasteiger partial charge in [0.2, 0.25) is 5.91 Å². The van der Waals surface area contributed by atoms with Crippen LogP contribution in [0.1, 0.15) is 22.2 Å². The molecule has 0 unspecified atom stereocenters. The Hall–Kier alpha value is -2.78. The van der Waals surface area contributed by atoms with Gasteiger partial charge in [-0.15, -0.1) is 11.3 Å². The van der Waals surface area contributed by atoms with E-state index < -0.39 is 0 Å². The van der Waals surface area contributed by atoms with Gasteiger partial charge in [0.25, 0.3) is 0 Å². The predicted molar refractivity (Wildman–Crippen MR) is 114 cm³/mol. The van der Waals surface area contributed by atoms with Crippen molar-refractivity contribution in [1.82, 2.24) is 9.55 Å². The summed E-state index contributed by atoms with van der Waals surface area (Å²) in [4.78, 5) is 29.1. The van der Waals surface area contributed by atoms with E-state index in [0.29, 0.717) is 21.6 Å². The number of nitrogens with one attached hydrogen (secondary N) is 1. The molecule has 0 aliphatic rings. The number of benzene rings is 1. The van der Waals surface area contributed by atoms with E-state index in [1.807, 2.05) is 42.0 Å². The van der Waals surface area contributed by atoms with Gasteiger partial charge in [0.15, 0.2) is 5.16 Å². The Bertz CT molecular complexity index is 996. The fourth-order valence-corrected chi connectivity index (χ4v) is 4.34. The SMILES string of the molecule is CCOC(=O)c1sc(NC(=O)CSc2nccn2-c2ccc(OC)cc2)cc1C. The number of rotatable bonds is 8. The number of hydrogen-bond donors (Lipinski definition) is 1. The molecule has 152 valence electrons. The van der Waals surface area contributed by atoms with Crippen LogP contribution in [0.25, 0.3) is 5.69 Å². The number of carbonyl (C=O) groups excluding carboxylic acids is 2. The summed E-state index contributed by atoms with van der Waals surface area (Å²) >= 11 is 2.55. The van der Waals surface area contributed by atoms with Crippen LogP contribution in [0.2, 0.25) is 0 Å². The van der Waals surface area contributed by atoms with Gasteiger partial charge in [0, 0.05) is 18.1 Å². The van der Waals surface area contributed by atoms with E-state index in [0.717, 1.165) is 17.0 Å². The minimum atomic E-state index is -0.369. The molecule has 0 aliphatic carbocycles. The molecule has 2 aromatic heterocycles. The van der Waals surface area contributed by atoms with Crippen molar-refractivity contribution >= 4 is 40.0 Å². The normalized spacial score (nSPS) is 10.6. The zero-order chi connectivity index (χ0) is 20.8. The third-order valence-corrected chi connectivity index (χ3v) is 6.03. The highest BCUT2D eigenvalue weighted by Crippen LogP contribution is 2.28. The Morgan fingerprint density at radius 1 is 1.28 bits per heavy atom. The first kappa shape index (κ1) is 20.9. The number of nitrogens with zero attached hydrogens (tertiary/aromatic N) is 2. The average molecular weight is 432 g/mol. The van der Waals surface area contributed by atoms with Crippen LogP contribution in [0.4, 0.5) is 5.00 Å². The molecule has 2 heterocycles. The highest BCUT2D eigenvalue weighted by atomic mass is 32.2. The van der Waals surface area contributed by atoms with Crippen molar-refractivity contribution in [2.45, 2.75) is 19.0 Å². The molecule has 7 nitrogen and oxygen atoms in total. The van der Waals surface area contributed by atoms with Gasteiger partial charge in [0.05, 0.1) is 24.5 Å². The molecule has 0 spiro atoms. The van der Waals surface area contributed by atoms with Crippen molar-refractivity contribution < 1.29 is 19.1 Å². The zero-order valence-corrected chi connectivity index (χ0v) is 17.9. The van der Waals surface area contributed by atoms with Gasteiger partial charge >= 0.3 is 5.97 Å². The topological polar surface area (TPSA) is 82.5 Å². The minimum absolute atomic E-state index is 0.170. The summed E-state index contributed by atoms with van der Waals surface area (Å²) < 4.78 is 12.1. The maximum atomic E-state index is 12.4. The molecule has 0 bridgehead atoms. The molecule has 9 heteroatoms. The lowest BCUT2D eigenvalue weighted by Gasteiger charge is -2.08. The molecule has 3 aromatic rings. The first-order chi connectivity index (χ1) is 14.0. The second-order valence-electron chi connectivity index (χ2n) is 5.96. The number of anilines is 1. The molecule has 1 amide bonds. The van der Waals surface area contributed by atoms with Crippen LogP contribution >= 0.6 is 23.1 Å². The number of thiophene rings is 1. The van der Waals surface area contributed by atoms with Crippen LogP contribution < -0.4 is 10.1 Å². The molecule has 0 atom stereocenters. The molecule has 0 saturated carbocycles. The lowest BCUT2D eigenvalue weighted by atomic mass is 10.3. The van der Waals surface area contributed by atoms with E-state index in [2.05, 4.69) is 10.3 Å². The highest BCUT2D eigenvalue weighted by molar-refractivity contribution is 7.99. The molecule has 3 rings (SSSR count). The largest absolute Gasteiger partial charge is 0.497 e. The molecule has 0 saturated heterocycles. The van der Waals surface area contributed by atoms with E-state index in [1.165, 1.54) is 23.1 Å². The predicted octanol–water partition coefficient (Wildman–Crippen LogP) is 4.16. The highest BCUT2D eigenvalue weighted by Gasteiger charge is 2.16. The van der Waals surface area contributed by atoms with E-state index in [1.54, 1.807) is 26.3 Å². The summed E-state index contributed by atoms with van der Waals surface area (Å²) in [5.41, 5.74) is 1.71. The third-order valence-electron chi connectivity index (χ3n) is 3.93. The lowest BCUT2D eigenvalue weighted by Crippen LogP contribution is -2.13. The number of carbonyl (C=O) groups is 2. The summed E-state index contributed by atoms with van der Waals surface area (Å²) in [6, 6.07) is 9.37. The first-order valence-electron chi connectivity index (χ1n) is 8.89. The Morgan fingerprint density at radius 3 is 2.72 bits per heavy atom. The molecular weight excluding hydrogens is 410 g/mol. The molecule has 0 fully saturated rings. The fraction of sp³-hybridized carbons (Fsp3) is 0.250. The number of aryl methyl sites for hydroxylation is 1. The zero-order valence-electron chi connectivity index (χ0n) is 16.3. The van der Waals surface area contributed by atoms with Crippen molar-refractivity contribution in [3.05, 3.63) is 53.2 Å². The molecule has 29 heavy (non-hydrogen) atoms. The number of thioether (sulfide) groups is 1. The van der Waals surface area contributed by atoms with Crippen molar-refractivity contribution in [3.8, 4) is 11.4 Å². The van der Waals surface area contributed by atoms with Crippen molar-refractivity contribution in [2.24, 2.45) is 0 Å². The third kappa shape index (κ3) is 5.18. The summed E-state index contributed by atoms with van der Waals surface area (Å²) in [5, 5.41) is 4.16. The van der Waals surface area contributed by atoms with Crippen LogP contribution in [0, 0.1) is 6.92 Å². The van der Waals surface area contributed by atoms with E-state index in [4.69, 9.17) is 9.47 Å². The maximum Gasteiger partial charge on any atom is 0.348 e. The number of methoxy groups -OCH3 is 1. The van der Waals surface area contributed by atoms with Crippen LogP contribution in [0.3, 0.4) is 0 Å². The number of amides is 1. The Morgan fingerprint density at radius 2 is 2.03 bits per heavy atom. The van der Waals surface area contributed by atoms with E-state index in [-0.39, 0.29) is 17.6 Å². The van der Waals surface area contributed by atoms with Gasteiger partial charge in [-0.1, -0.05) is 11.8 Å². The first-order valence-corrected chi connectivity index (χ1v) is 10.7. The van der Waals surface area contributed by atoms with E-state index in [9.17, 15) is 9.59 Å². The smallest absolute Gasteiger partial charge is 0.348 e. The van der Waals surface area contributed by atoms with Crippen LogP contribution in [0.5, 0.6) is 5.75 Å². The number of ether oxygens (including phenoxy) is 2. The quantitative estimate of drug-likeness (QED) is 0.426. The molecule has 1 aromatic carbocycles. The average Bonchev–Trinajstić information content (AvgIpc) is 3.33. The minimum Gasteiger partial charge on any atom is -0.497 e. The molecule has 1 N–H and O–H groups in total. The van der Waals surface area contributed by atoms with E-state index >= 15 is 0 Å². The van der Waals surface area contributed by atoms with Gasteiger partial charge in [-0.2, -0.15) is 0 Å². The summed E-state index contributed by atoms with van der Waals surface area (Å²) in [6.07, 6.45) is 3.54. The Balaban J connectivity index is 1.61. The standard InChI is InChI=1S/C20H21N3O4S2/c1-4-27-19(25)18-13(2)11-17(29-18)22-16(24)12-28-20-21-9-10-23(20)14-5-7-15(26-3)8-6-14/h5-11H,4,12H2,1-3H3,(H,22,24). The van der Waals surface area contributed by atoms with Gasteiger partial charge in [0.1, 0.15) is 10.6 Å². The molecular formula is C20H21N3O4S2. The second-order valence-corrected chi connectivity index (χ2v) is 7.95. The van der Waals surface area contributed by atoms with Crippen LogP contribution in [0.15, 0.2) is 47.9 Å². The maximum absolute atomic E-state index is 12.4. The van der Waals surface area contributed by atoms with Crippen LogP contribution in [-0.4, -0.2) is 40.9 Å². The Labute approximate surface area is 177 Å². The number of hydrogen-bond acceptors (Lipinski definition) is 7. The van der Waals surface area contributed by atoms with Crippen molar-refractivity contribution in [1.29, 1.82) is 0 Å². The molecule has 0 radical (unpaired) electrons. The second kappa shape index (κ2) is 9.62. The fourth-order valence-electron chi connectivity index (χ4n) is 2.58.